The molecule has 0 saturated heterocycles. The molecule has 0 aliphatic heterocycles. The Kier molecular flexibility index (Phi) is 4.55. The highest BCUT2D eigenvalue weighted by Crippen LogP contribution is 2.31. The number of hydrogen-bond acceptors (Lipinski definition) is 6. The van der Waals surface area contributed by atoms with Crippen molar-refractivity contribution in [2.24, 2.45) is 0 Å². The van der Waals surface area contributed by atoms with E-state index in [9.17, 15) is 10.1 Å². The lowest BCUT2D eigenvalue weighted by atomic mass is 10.1. The first kappa shape index (κ1) is 15.7. The molecule has 2 rings (SSSR count). The van der Waals surface area contributed by atoms with Gasteiger partial charge in [0.2, 0.25) is 11.6 Å². The lowest BCUT2D eigenvalue weighted by Gasteiger charge is -2.12. The fourth-order valence-corrected chi connectivity index (χ4v) is 1.98. The Morgan fingerprint density at radius 1 is 1.14 bits per heavy atom. The molecule has 0 amide bonds. The van der Waals surface area contributed by atoms with Crippen molar-refractivity contribution >= 4 is 23.0 Å². The Morgan fingerprint density at radius 2 is 1.82 bits per heavy atom. The van der Waals surface area contributed by atoms with E-state index in [0.29, 0.717) is 0 Å². The molecule has 0 saturated carbocycles. The summed E-state index contributed by atoms with van der Waals surface area (Å²) in [5.41, 5.74) is 2.85. The highest BCUT2D eigenvalue weighted by Gasteiger charge is 2.23. The zero-order valence-electron chi connectivity index (χ0n) is 13.0. The quantitative estimate of drug-likeness (QED) is 0.648. The molecule has 7 nitrogen and oxygen atoms in total. The zero-order chi connectivity index (χ0) is 16.3. The molecule has 2 aromatic rings. The maximum Gasteiger partial charge on any atom is 0.353 e. The molecule has 0 fully saturated rings. The summed E-state index contributed by atoms with van der Waals surface area (Å²) in [6.45, 7) is 7.78. The summed E-state index contributed by atoms with van der Waals surface area (Å²) >= 11 is 0. The summed E-state index contributed by atoms with van der Waals surface area (Å²) in [5.74, 6) is 0.382. The maximum absolute atomic E-state index is 11.4. The Labute approximate surface area is 129 Å². The van der Waals surface area contributed by atoms with Crippen molar-refractivity contribution in [3.05, 3.63) is 45.8 Å². The van der Waals surface area contributed by atoms with E-state index in [1.165, 1.54) is 6.33 Å². The Morgan fingerprint density at radius 3 is 2.41 bits per heavy atom. The number of nitro groups is 1. The molecule has 22 heavy (non-hydrogen) atoms. The van der Waals surface area contributed by atoms with Gasteiger partial charge in [-0.05, 0) is 51.0 Å². The lowest BCUT2D eigenvalue weighted by Crippen LogP contribution is -2.14. The van der Waals surface area contributed by atoms with Crippen LogP contribution in [-0.2, 0) is 0 Å². The second-order valence-corrected chi connectivity index (χ2v) is 5.40. The van der Waals surface area contributed by atoms with Crippen LogP contribution in [0.1, 0.15) is 25.0 Å². The molecule has 1 aromatic carbocycles. The van der Waals surface area contributed by atoms with E-state index in [0.717, 1.165) is 16.8 Å². The molecule has 7 heteroatoms. The van der Waals surface area contributed by atoms with Crippen LogP contribution < -0.4 is 10.6 Å². The standard InChI is InChI=1S/C15H19N5O2/c1-9(2)18-14-13(20(21)22)15(17-8-16-14)19-12-6-5-10(3)11(4)7-12/h5-9H,1-4H3,(H2,16,17,18,19). The predicted molar refractivity (Wildman–Crippen MR) is 86.6 cm³/mol. The van der Waals surface area contributed by atoms with Gasteiger partial charge in [0.15, 0.2) is 0 Å². The summed E-state index contributed by atoms with van der Waals surface area (Å²) in [5, 5.41) is 17.4. The van der Waals surface area contributed by atoms with Crippen LogP contribution in [0.2, 0.25) is 0 Å². The van der Waals surface area contributed by atoms with Crippen molar-refractivity contribution in [2.75, 3.05) is 10.6 Å². The first-order valence-corrected chi connectivity index (χ1v) is 6.98. The van der Waals surface area contributed by atoms with Gasteiger partial charge in [-0.25, -0.2) is 9.97 Å². The average molecular weight is 301 g/mol. The van der Waals surface area contributed by atoms with Crippen LogP contribution in [0, 0.1) is 24.0 Å². The third-order valence-corrected chi connectivity index (χ3v) is 3.20. The largest absolute Gasteiger partial charge is 0.362 e. The molecular formula is C15H19N5O2. The minimum atomic E-state index is -0.478. The molecule has 0 aliphatic rings. The number of benzene rings is 1. The molecule has 2 N–H and O–H groups in total. The van der Waals surface area contributed by atoms with E-state index in [1.54, 1.807) is 0 Å². The second-order valence-electron chi connectivity index (χ2n) is 5.40. The number of nitrogens with one attached hydrogen (secondary N) is 2. The van der Waals surface area contributed by atoms with Gasteiger partial charge in [0.25, 0.3) is 0 Å². The minimum absolute atomic E-state index is 0.0306. The SMILES string of the molecule is Cc1ccc(Nc2ncnc(NC(C)C)c2[N+](=O)[O-])cc1C. The van der Waals surface area contributed by atoms with Crippen LogP contribution >= 0.6 is 0 Å². The van der Waals surface area contributed by atoms with Gasteiger partial charge < -0.3 is 10.6 Å². The number of rotatable bonds is 5. The van der Waals surface area contributed by atoms with Gasteiger partial charge in [-0.15, -0.1) is 0 Å². The highest BCUT2D eigenvalue weighted by molar-refractivity contribution is 5.74. The van der Waals surface area contributed by atoms with Gasteiger partial charge in [0, 0.05) is 11.7 Å². The van der Waals surface area contributed by atoms with Crippen molar-refractivity contribution < 1.29 is 4.92 Å². The number of nitrogens with zero attached hydrogens (tertiary/aromatic N) is 3. The van der Waals surface area contributed by atoms with E-state index in [-0.39, 0.29) is 23.4 Å². The van der Waals surface area contributed by atoms with Crippen molar-refractivity contribution in [3.8, 4) is 0 Å². The van der Waals surface area contributed by atoms with Crippen LogP contribution in [-0.4, -0.2) is 20.9 Å². The van der Waals surface area contributed by atoms with Crippen LogP contribution in [0.4, 0.5) is 23.0 Å². The van der Waals surface area contributed by atoms with Crippen molar-refractivity contribution in [1.29, 1.82) is 0 Å². The molecule has 0 unspecified atom stereocenters. The number of hydrogen-bond donors (Lipinski definition) is 2. The molecule has 0 radical (unpaired) electrons. The molecule has 0 aliphatic carbocycles. The summed E-state index contributed by atoms with van der Waals surface area (Å²) in [6, 6.07) is 5.78. The van der Waals surface area contributed by atoms with E-state index in [4.69, 9.17) is 0 Å². The van der Waals surface area contributed by atoms with Gasteiger partial charge in [0.1, 0.15) is 6.33 Å². The number of aromatic nitrogens is 2. The second kappa shape index (κ2) is 6.38. The summed E-state index contributed by atoms with van der Waals surface area (Å²) in [4.78, 5) is 18.9. The average Bonchev–Trinajstić information content (AvgIpc) is 2.42. The Balaban J connectivity index is 2.41. The molecule has 116 valence electrons. The van der Waals surface area contributed by atoms with Gasteiger partial charge in [0.05, 0.1) is 4.92 Å². The van der Waals surface area contributed by atoms with Crippen LogP contribution in [0.5, 0.6) is 0 Å². The Hall–Kier alpha value is -2.70. The Bertz CT molecular complexity index is 700. The highest BCUT2D eigenvalue weighted by atomic mass is 16.6. The topological polar surface area (TPSA) is 93.0 Å². The van der Waals surface area contributed by atoms with Crippen LogP contribution in [0.3, 0.4) is 0 Å². The fraction of sp³-hybridized carbons (Fsp3) is 0.333. The van der Waals surface area contributed by atoms with E-state index < -0.39 is 4.92 Å². The van der Waals surface area contributed by atoms with Crippen LogP contribution in [0.15, 0.2) is 24.5 Å². The molecule has 0 atom stereocenters. The van der Waals surface area contributed by atoms with Gasteiger partial charge in [-0.2, -0.15) is 0 Å². The predicted octanol–water partition coefficient (Wildman–Crippen LogP) is 3.57. The van der Waals surface area contributed by atoms with Gasteiger partial charge in [-0.1, -0.05) is 6.07 Å². The third kappa shape index (κ3) is 3.49. The number of aryl methyl sites for hydroxylation is 2. The first-order valence-electron chi connectivity index (χ1n) is 6.98. The summed E-state index contributed by atoms with van der Waals surface area (Å²) in [7, 11) is 0. The van der Waals surface area contributed by atoms with Crippen LogP contribution in [0.25, 0.3) is 0 Å². The normalized spacial score (nSPS) is 10.6. The van der Waals surface area contributed by atoms with E-state index in [1.807, 2.05) is 45.9 Å². The van der Waals surface area contributed by atoms with Crippen molar-refractivity contribution in [3.63, 3.8) is 0 Å². The number of anilines is 3. The molecule has 1 aromatic heterocycles. The smallest absolute Gasteiger partial charge is 0.353 e. The molecule has 0 spiro atoms. The van der Waals surface area contributed by atoms with Gasteiger partial charge >= 0.3 is 5.69 Å². The minimum Gasteiger partial charge on any atom is -0.362 e. The first-order chi connectivity index (χ1) is 10.4. The summed E-state index contributed by atoms with van der Waals surface area (Å²) < 4.78 is 0. The lowest BCUT2D eigenvalue weighted by molar-refractivity contribution is -0.383. The van der Waals surface area contributed by atoms with E-state index >= 15 is 0 Å². The fourth-order valence-electron chi connectivity index (χ4n) is 1.98. The van der Waals surface area contributed by atoms with E-state index in [2.05, 4.69) is 20.6 Å². The molecular weight excluding hydrogens is 282 g/mol. The van der Waals surface area contributed by atoms with Crippen molar-refractivity contribution in [1.82, 2.24) is 9.97 Å². The zero-order valence-corrected chi connectivity index (χ0v) is 13.0. The molecule has 1 heterocycles. The summed E-state index contributed by atoms with van der Waals surface area (Å²) in [6.07, 6.45) is 1.31. The third-order valence-electron chi connectivity index (χ3n) is 3.20. The monoisotopic (exact) mass is 301 g/mol. The van der Waals surface area contributed by atoms with Crippen molar-refractivity contribution in [2.45, 2.75) is 33.7 Å². The van der Waals surface area contributed by atoms with Gasteiger partial charge in [-0.3, -0.25) is 10.1 Å². The maximum atomic E-state index is 11.4. The molecule has 0 bridgehead atoms.